The van der Waals surface area contributed by atoms with Crippen molar-refractivity contribution in [1.82, 2.24) is 10.2 Å². The molecule has 0 bridgehead atoms. The van der Waals surface area contributed by atoms with E-state index in [9.17, 15) is 5.11 Å². The van der Waals surface area contributed by atoms with Crippen LogP contribution in [0, 0.1) is 0 Å². The van der Waals surface area contributed by atoms with E-state index < -0.39 is 0 Å². The van der Waals surface area contributed by atoms with Gasteiger partial charge in [-0.3, -0.25) is 0 Å². The summed E-state index contributed by atoms with van der Waals surface area (Å²) in [5.41, 5.74) is -0.0812. The van der Waals surface area contributed by atoms with Gasteiger partial charge in [-0.1, -0.05) is 13.8 Å². The number of hydrogen-bond acceptors (Lipinski definition) is 4. The number of methoxy groups -OCH3 is 1. The van der Waals surface area contributed by atoms with E-state index in [4.69, 9.17) is 4.74 Å². The van der Waals surface area contributed by atoms with E-state index in [1.807, 2.05) is 0 Å². The maximum Gasteiger partial charge on any atom is 0.0613 e. The van der Waals surface area contributed by atoms with Crippen molar-refractivity contribution in [2.45, 2.75) is 45.1 Å². The van der Waals surface area contributed by atoms with Gasteiger partial charge in [0.05, 0.1) is 6.61 Å². The third-order valence-electron chi connectivity index (χ3n) is 3.61. The predicted octanol–water partition coefficient (Wildman–Crippen LogP) is 1.49. The van der Waals surface area contributed by atoms with Crippen LogP contribution in [0.25, 0.3) is 0 Å². The first kappa shape index (κ1) is 17.8. The quantitative estimate of drug-likeness (QED) is 0.522. The van der Waals surface area contributed by atoms with Crippen molar-refractivity contribution in [3.8, 4) is 0 Å². The molecular weight excluding hydrogens is 228 g/mol. The van der Waals surface area contributed by atoms with E-state index >= 15 is 0 Å². The largest absolute Gasteiger partial charge is 0.394 e. The summed E-state index contributed by atoms with van der Waals surface area (Å²) in [5, 5.41) is 13.0. The fourth-order valence-electron chi connectivity index (χ4n) is 2.29. The highest BCUT2D eigenvalue weighted by atomic mass is 16.5. The summed E-state index contributed by atoms with van der Waals surface area (Å²) in [7, 11) is 3.89. The smallest absolute Gasteiger partial charge is 0.0613 e. The van der Waals surface area contributed by atoms with Gasteiger partial charge >= 0.3 is 0 Å². The Kier molecular flexibility index (Phi) is 10.6. The van der Waals surface area contributed by atoms with Crippen LogP contribution in [-0.4, -0.2) is 62.6 Å². The van der Waals surface area contributed by atoms with Gasteiger partial charge in [-0.2, -0.15) is 0 Å². The molecule has 0 aromatic heterocycles. The molecular formula is C14H32N2O2. The maximum atomic E-state index is 9.55. The molecule has 0 aliphatic rings. The molecule has 110 valence electrons. The molecule has 0 saturated carbocycles. The fourth-order valence-corrected chi connectivity index (χ4v) is 2.29. The van der Waals surface area contributed by atoms with Crippen LogP contribution < -0.4 is 5.32 Å². The first-order valence-corrected chi connectivity index (χ1v) is 7.17. The van der Waals surface area contributed by atoms with Crippen LogP contribution in [0.2, 0.25) is 0 Å². The standard InChI is InChI=1S/C14H32N2O2/c1-5-14(13-17,15-6-2)9-7-10-16(3)11-8-12-18-4/h15,17H,5-13H2,1-4H3. The zero-order valence-electron chi connectivity index (χ0n) is 12.7. The van der Waals surface area contributed by atoms with Gasteiger partial charge in [0.25, 0.3) is 0 Å². The lowest BCUT2D eigenvalue weighted by molar-refractivity contribution is 0.140. The Morgan fingerprint density at radius 2 is 1.89 bits per heavy atom. The Morgan fingerprint density at radius 1 is 1.22 bits per heavy atom. The topological polar surface area (TPSA) is 44.7 Å². The summed E-state index contributed by atoms with van der Waals surface area (Å²) in [4.78, 5) is 2.34. The van der Waals surface area contributed by atoms with Crippen molar-refractivity contribution in [2.24, 2.45) is 0 Å². The van der Waals surface area contributed by atoms with E-state index in [0.717, 1.165) is 51.9 Å². The number of nitrogens with one attached hydrogen (secondary N) is 1. The van der Waals surface area contributed by atoms with Crippen LogP contribution >= 0.6 is 0 Å². The lowest BCUT2D eigenvalue weighted by atomic mass is 9.91. The molecule has 0 heterocycles. The van der Waals surface area contributed by atoms with Gasteiger partial charge in [0.1, 0.15) is 0 Å². The number of aliphatic hydroxyl groups excluding tert-OH is 1. The first-order valence-electron chi connectivity index (χ1n) is 7.17. The number of ether oxygens (including phenoxy) is 1. The van der Waals surface area contributed by atoms with Gasteiger partial charge in [-0.25, -0.2) is 0 Å². The highest BCUT2D eigenvalue weighted by Crippen LogP contribution is 2.17. The van der Waals surface area contributed by atoms with Gasteiger partial charge in [0.2, 0.25) is 0 Å². The Balaban J connectivity index is 3.84. The number of hydrogen-bond donors (Lipinski definition) is 2. The van der Waals surface area contributed by atoms with Crippen LogP contribution in [0.1, 0.15) is 39.5 Å². The number of aliphatic hydroxyl groups is 1. The minimum Gasteiger partial charge on any atom is -0.394 e. The van der Waals surface area contributed by atoms with E-state index in [-0.39, 0.29) is 12.1 Å². The Bertz CT molecular complexity index is 185. The van der Waals surface area contributed by atoms with Gasteiger partial charge < -0.3 is 20.1 Å². The van der Waals surface area contributed by atoms with Gasteiger partial charge in [0.15, 0.2) is 0 Å². The summed E-state index contributed by atoms with van der Waals surface area (Å²) in [5.74, 6) is 0. The van der Waals surface area contributed by atoms with Crippen LogP contribution in [0.5, 0.6) is 0 Å². The van der Waals surface area contributed by atoms with Crippen LogP contribution in [-0.2, 0) is 4.74 Å². The van der Waals surface area contributed by atoms with Crippen LogP contribution in [0.3, 0.4) is 0 Å². The maximum absolute atomic E-state index is 9.55. The van der Waals surface area contributed by atoms with E-state index in [2.05, 4.69) is 31.1 Å². The van der Waals surface area contributed by atoms with Crippen molar-refractivity contribution in [2.75, 3.05) is 47.0 Å². The minimum absolute atomic E-state index is 0.0812. The Labute approximate surface area is 113 Å². The average Bonchev–Trinajstić information content (AvgIpc) is 2.38. The predicted molar refractivity (Wildman–Crippen MR) is 77.0 cm³/mol. The summed E-state index contributed by atoms with van der Waals surface area (Å²) in [6.07, 6.45) is 4.21. The molecule has 0 amide bonds. The third kappa shape index (κ3) is 7.31. The van der Waals surface area contributed by atoms with Crippen molar-refractivity contribution < 1.29 is 9.84 Å². The number of nitrogens with zero attached hydrogens (tertiary/aromatic N) is 1. The molecule has 0 aromatic rings. The lowest BCUT2D eigenvalue weighted by Crippen LogP contribution is -2.48. The third-order valence-corrected chi connectivity index (χ3v) is 3.61. The lowest BCUT2D eigenvalue weighted by Gasteiger charge is -2.32. The van der Waals surface area contributed by atoms with E-state index in [1.54, 1.807) is 7.11 Å². The van der Waals surface area contributed by atoms with Crippen molar-refractivity contribution in [1.29, 1.82) is 0 Å². The zero-order valence-corrected chi connectivity index (χ0v) is 12.7. The summed E-state index contributed by atoms with van der Waals surface area (Å²) in [6.45, 7) is 8.36. The first-order chi connectivity index (χ1) is 8.64. The second-order valence-electron chi connectivity index (χ2n) is 5.08. The molecule has 0 aliphatic heterocycles. The molecule has 1 unspecified atom stereocenters. The summed E-state index contributed by atoms with van der Waals surface area (Å²) in [6, 6.07) is 0. The SMILES string of the molecule is CCNC(CC)(CO)CCCN(C)CCCOC. The van der Waals surface area contributed by atoms with Crippen molar-refractivity contribution >= 4 is 0 Å². The second-order valence-corrected chi connectivity index (χ2v) is 5.08. The number of likely N-dealkylation sites (N-methyl/N-ethyl adjacent to an activating group) is 1. The summed E-state index contributed by atoms with van der Waals surface area (Å²) >= 11 is 0. The molecule has 1 atom stereocenters. The van der Waals surface area contributed by atoms with E-state index in [0.29, 0.717) is 0 Å². The average molecular weight is 260 g/mol. The zero-order chi connectivity index (χ0) is 13.9. The van der Waals surface area contributed by atoms with Gasteiger partial charge in [0, 0.05) is 25.8 Å². The molecule has 0 fully saturated rings. The molecule has 0 saturated heterocycles. The molecule has 0 aromatic carbocycles. The highest BCUT2D eigenvalue weighted by molar-refractivity contribution is 4.85. The molecule has 0 aliphatic carbocycles. The normalized spacial score (nSPS) is 15.0. The van der Waals surface area contributed by atoms with Crippen molar-refractivity contribution in [3.63, 3.8) is 0 Å². The van der Waals surface area contributed by atoms with Crippen molar-refractivity contribution in [3.05, 3.63) is 0 Å². The molecule has 4 nitrogen and oxygen atoms in total. The Morgan fingerprint density at radius 3 is 2.39 bits per heavy atom. The number of rotatable bonds is 12. The van der Waals surface area contributed by atoms with E-state index in [1.165, 1.54) is 0 Å². The molecule has 0 radical (unpaired) electrons. The summed E-state index contributed by atoms with van der Waals surface area (Å²) < 4.78 is 5.05. The van der Waals surface area contributed by atoms with Gasteiger partial charge in [-0.15, -0.1) is 0 Å². The molecule has 18 heavy (non-hydrogen) atoms. The fraction of sp³-hybridized carbons (Fsp3) is 1.00. The van der Waals surface area contributed by atoms with Crippen LogP contribution in [0.4, 0.5) is 0 Å². The molecule has 0 spiro atoms. The minimum atomic E-state index is -0.0812. The second kappa shape index (κ2) is 10.7. The Hall–Kier alpha value is -0.160. The molecule has 4 heteroatoms. The van der Waals surface area contributed by atoms with Crippen LogP contribution in [0.15, 0.2) is 0 Å². The highest BCUT2D eigenvalue weighted by Gasteiger charge is 2.25. The molecule has 2 N–H and O–H groups in total. The monoisotopic (exact) mass is 260 g/mol. The molecule has 0 rings (SSSR count). The van der Waals surface area contributed by atoms with Gasteiger partial charge in [-0.05, 0) is 45.8 Å².